The lowest BCUT2D eigenvalue weighted by Gasteiger charge is -2.05. The van der Waals surface area contributed by atoms with Crippen LogP contribution in [-0.2, 0) is 0 Å². The second kappa shape index (κ2) is 7.76. The summed E-state index contributed by atoms with van der Waals surface area (Å²) in [6.07, 6.45) is 4.04. The van der Waals surface area contributed by atoms with Crippen molar-refractivity contribution in [2.24, 2.45) is 0 Å². The van der Waals surface area contributed by atoms with Crippen molar-refractivity contribution < 1.29 is 4.74 Å². The Balaban J connectivity index is 1.81. The third-order valence-corrected chi connectivity index (χ3v) is 4.67. The van der Waals surface area contributed by atoms with Crippen LogP contribution >= 0.6 is 11.3 Å². The number of para-hydroxylation sites is 1. The summed E-state index contributed by atoms with van der Waals surface area (Å²) < 4.78 is 6.75. The number of benzene rings is 2. The minimum atomic E-state index is 0.579. The Morgan fingerprint density at radius 3 is 2.71 bits per heavy atom. The van der Waals surface area contributed by atoms with Crippen molar-refractivity contribution in [3.05, 3.63) is 59.1 Å². The van der Waals surface area contributed by atoms with Crippen molar-refractivity contribution in [2.45, 2.75) is 19.8 Å². The number of rotatable bonds is 6. The van der Waals surface area contributed by atoms with Crippen LogP contribution < -0.4 is 4.74 Å². The Labute approximate surface area is 145 Å². The van der Waals surface area contributed by atoms with Crippen molar-refractivity contribution >= 4 is 33.2 Å². The summed E-state index contributed by atoms with van der Waals surface area (Å²) in [4.78, 5) is 4.55. The van der Waals surface area contributed by atoms with E-state index in [0.29, 0.717) is 5.57 Å². The van der Waals surface area contributed by atoms with Crippen LogP contribution in [0.25, 0.3) is 21.9 Å². The molecule has 3 aromatic rings. The molecule has 0 atom stereocenters. The molecule has 0 unspecified atom stereocenters. The maximum absolute atomic E-state index is 9.49. The highest BCUT2D eigenvalue weighted by molar-refractivity contribution is 7.19. The summed E-state index contributed by atoms with van der Waals surface area (Å²) in [5.74, 6) is 0.860. The van der Waals surface area contributed by atoms with Crippen LogP contribution in [0.1, 0.15) is 30.3 Å². The molecule has 0 radical (unpaired) electrons. The topological polar surface area (TPSA) is 45.9 Å². The monoisotopic (exact) mass is 334 g/mol. The van der Waals surface area contributed by atoms with Gasteiger partial charge in [0.2, 0.25) is 0 Å². The molecule has 0 amide bonds. The Bertz CT molecular complexity index is 855. The van der Waals surface area contributed by atoms with E-state index in [1.807, 2.05) is 54.6 Å². The highest BCUT2D eigenvalue weighted by Gasteiger charge is 2.08. The predicted molar refractivity (Wildman–Crippen MR) is 99.9 cm³/mol. The predicted octanol–water partition coefficient (Wildman–Crippen LogP) is 5.54. The molecule has 0 fully saturated rings. The van der Waals surface area contributed by atoms with E-state index in [0.717, 1.165) is 46.0 Å². The third kappa shape index (κ3) is 3.81. The molecule has 1 aromatic heterocycles. The Hall–Kier alpha value is -2.64. The molecule has 4 heteroatoms. The van der Waals surface area contributed by atoms with Crippen LogP contribution in [0.2, 0.25) is 0 Å². The van der Waals surface area contributed by atoms with Crippen molar-refractivity contribution in [1.82, 2.24) is 4.98 Å². The minimum Gasteiger partial charge on any atom is -0.494 e. The van der Waals surface area contributed by atoms with Gasteiger partial charge in [-0.2, -0.15) is 5.26 Å². The van der Waals surface area contributed by atoms with E-state index in [1.165, 1.54) is 11.3 Å². The second-order valence-electron chi connectivity index (χ2n) is 5.43. The average molecular weight is 334 g/mol. The molecular formula is C20H18N2OS. The molecule has 0 N–H and O–H groups in total. The normalized spacial score (nSPS) is 11.4. The smallest absolute Gasteiger partial charge is 0.135 e. The average Bonchev–Trinajstić information content (AvgIpc) is 3.05. The summed E-state index contributed by atoms with van der Waals surface area (Å²) in [5, 5.41) is 10.2. The maximum Gasteiger partial charge on any atom is 0.135 e. The Kier molecular flexibility index (Phi) is 5.25. The molecule has 0 saturated carbocycles. The highest BCUT2D eigenvalue weighted by Crippen LogP contribution is 2.28. The fourth-order valence-corrected chi connectivity index (χ4v) is 3.22. The first-order valence-electron chi connectivity index (χ1n) is 8.01. The fraction of sp³-hybridized carbons (Fsp3) is 0.200. The number of nitrogens with zero attached hydrogens (tertiary/aromatic N) is 2. The first-order chi connectivity index (χ1) is 11.8. The number of hydrogen-bond donors (Lipinski definition) is 0. The van der Waals surface area contributed by atoms with Gasteiger partial charge in [-0.05, 0) is 42.3 Å². The SMILES string of the molecule is CCCCOc1ccc(C=C(C#N)c2nc3ccccc3s2)cc1. The van der Waals surface area contributed by atoms with Gasteiger partial charge in [0, 0.05) is 0 Å². The van der Waals surface area contributed by atoms with Crippen molar-refractivity contribution in [3.8, 4) is 11.8 Å². The van der Waals surface area contributed by atoms with Crippen LogP contribution in [-0.4, -0.2) is 11.6 Å². The van der Waals surface area contributed by atoms with Gasteiger partial charge in [0.25, 0.3) is 0 Å². The van der Waals surface area contributed by atoms with Gasteiger partial charge in [-0.1, -0.05) is 37.6 Å². The van der Waals surface area contributed by atoms with Gasteiger partial charge < -0.3 is 4.74 Å². The number of thiazole rings is 1. The van der Waals surface area contributed by atoms with Gasteiger partial charge in [-0.25, -0.2) is 4.98 Å². The lowest BCUT2D eigenvalue weighted by molar-refractivity contribution is 0.309. The standard InChI is InChI=1S/C20H18N2OS/c1-2-3-12-23-17-10-8-15(9-11-17)13-16(14-21)20-22-18-6-4-5-7-19(18)24-20/h4-11,13H,2-3,12H2,1H3. The summed E-state index contributed by atoms with van der Waals surface area (Å²) in [5.41, 5.74) is 2.47. The lowest BCUT2D eigenvalue weighted by Crippen LogP contribution is -1.95. The molecule has 1 heterocycles. The van der Waals surface area contributed by atoms with Gasteiger partial charge in [-0.15, -0.1) is 11.3 Å². The molecule has 0 bridgehead atoms. The minimum absolute atomic E-state index is 0.579. The van der Waals surface area contributed by atoms with Crippen LogP contribution in [0.5, 0.6) is 5.75 Å². The summed E-state index contributed by atoms with van der Waals surface area (Å²) in [6, 6.07) is 18.0. The molecule has 0 aliphatic heterocycles. The van der Waals surface area contributed by atoms with Gasteiger partial charge in [0.15, 0.2) is 0 Å². The first-order valence-corrected chi connectivity index (χ1v) is 8.82. The number of nitriles is 1. The summed E-state index contributed by atoms with van der Waals surface area (Å²) >= 11 is 1.54. The molecule has 2 aromatic carbocycles. The van der Waals surface area contributed by atoms with Crippen LogP contribution in [0.3, 0.4) is 0 Å². The Morgan fingerprint density at radius 2 is 2.00 bits per heavy atom. The highest BCUT2D eigenvalue weighted by atomic mass is 32.1. The van der Waals surface area contributed by atoms with Crippen molar-refractivity contribution in [1.29, 1.82) is 5.26 Å². The first kappa shape index (κ1) is 16.2. The van der Waals surface area contributed by atoms with E-state index >= 15 is 0 Å². The van der Waals surface area contributed by atoms with Crippen LogP contribution in [0.4, 0.5) is 0 Å². The van der Waals surface area contributed by atoms with Crippen LogP contribution in [0, 0.1) is 11.3 Å². The zero-order chi connectivity index (χ0) is 16.8. The number of aromatic nitrogens is 1. The number of unbranched alkanes of at least 4 members (excludes halogenated alkanes) is 1. The van der Waals surface area contributed by atoms with E-state index in [9.17, 15) is 5.26 Å². The zero-order valence-corrected chi connectivity index (χ0v) is 14.3. The molecule has 24 heavy (non-hydrogen) atoms. The van der Waals surface area contributed by atoms with Crippen molar-refractivity contribution in [3.63, 3.8) is 0 Å². The molecule has 0 aliphatic rings. The molecule has 0 saturated heterocycles. The Morgan fingerprint density at radius 1 is 1.21 bits per heavy atom. The molecule has 0 aliphatic carbocycles. The zero-order valence-electron chi connectivity index (χ0n) is 13.5. The van der Waals surface area contributed by atoms with Gasteiger partial charge in [-0.3, -0.25) is 0 Å². The maximum atomic E-state index is 9.49. The van der Waals surface area contributed by atoms with E-state index in [1.54, 1.807) is 0 Å². The van der Waals surface area contributed by atoms with E-state index < -0.39 is 0 Å². The molecule has 120 valence electrons. The molecular weight excluding hydrogens is 316 g/mol. The van der Waals surface area contributed by atoms with E-state index in [-0.39, 0.29) is 0 Å². The molecule has 3 nitrogen and oxygen atoms in total. The van der Waals surface area contributed by atoms with E-state index in [2.05, 4.69) is 18.0 Å². The molecule has 3 rings (SSSR count). The number of ether oxygens (including phenoxy) is 1. The number of allylic oxidation sites excluding steroid dienone is 1. The summed E-state index contributed by atoms with van der Waals surface area (Å²) in [7, 11) is 0. The number of fused-ring (bicyclic) bond motifs is 1. The molecule has 0 spiro atoms. The van der Waals surface area contributed by atoms with E-state index in [4.69, 9.17) is 4.74 Å². The lowest BCUT2D eigenvalue weighted by atomic mass is 10.1. The second-order valence-corrected chi connectivity index (χ2v) is 6.46. The fourth-order valence-electron chi connectivity index (χ4n) is 2.29. The quantitative estimate of drug-likeness (QED) is 0.439. The largest absolute Gasteiger partial charge is 0.494 e. The van der Waals surface area contributed by atoms with Crippen LogP contribution in [0.15, 0.2) is 48.5 Å². The number of hydrogen-bond acceptors (Lipinski definition) is 4. The third-order valence-electron chi connectivity index (χ3n) is 3.60. The van der Waals surface area contributed by atoms with Gasteiger partial charge in [0.05, 0.1) is 22.4 Å². The van der Waals surface area contributed by atoms with Gasteiger partial charge in [0.1, 0.15) is 16.8 Å². The summed E-state index contributed by atoms with van der Waals surface area (Å²) in [6.45, 7) is 2.88. The van der Waals surface area contributed by atoms with Crippen molar-refractivity contribution in [2.75, 3.05) is 6.61 Å². The van der Waals surface area contributed by atoms with Gasteiger partial charge >= 0.3 is 0 Å².